The van der Waals surface area contributed by atoms with Crippen molar-refractivity contribution in [3.8, 4) is 0 Å². The van der Waals surface area contributed by atoms with Crippen molar-refractivity contribution < 1.29 is 4.79 Å². The van der Waals surface area contributed by atoms with Crippen molar-refractivity contribution in [1.29, 1.82) is 0 Å². The average molecular weight is 273 g/mol. The van der Waals surface area contributed by atoms with Gasteiger partial charge in [0.15, 0.2) is 0 Å². The predicted octanol–water partition coefficient (Wildman–Crippen LogP) is 1.01. The van der Waals surface area contributed by atoms with Crippen molar-refractivity contribution in [2.24, 2.45) is 18.7 Å². The average Bonchev–Trinajstić information content (AvgIpc) is 3.08. The highest BCUT2D eigenvalue weighted by Crippen LogP contribution is 2.39. The largest absolute Gasteiger partial charge is 0.345 e. The van der Waals surface area contributed by atoms with Crippen LogP contribution in [0.4, 0.5) is 0 Å². The summed E-state index contributed by atoms with van der Waals surface area (Å²) in [5.41, 5.74) is 7.01. The molecule has 1 aliphatic carbocycles. The molecule has 102 valence electrons. The molecule has 18 heavy (non-hydrogen) atoms. The van der Waals surface area contributed by atoms with E-state index in [1.807, 2.05) is 20.9 Å². The first-order valence-corrected chi connectivity index (χ1v) is 5.99. The Balaban J connectivity index is 0.00000162. The van der Waals surface area contributed by atoms with Gasteiger partial charge in [-0.2, -0.15) is 5.10 Å². The number of carbonyl (C=O) groups excluding carboxylic acids is 1. The van der Waals surface area contributed by atoms with Gasteiger partial charge in [0.05, 0.1) is 17.3 Å². The van der Waals surface area contributed by atoms with Crippen molar-refractivity contribution in [1.82, 2.24) is 15.1 Å². The van der Waals surface area contributed by atoms with E-state index < -0.39 is 0 Å². The summed E-state index contributed by atoms with van der Waals surface area (Å²) < 4.78 is 1.70. The first-order chi connectivity index (χ1) is 7.98. The molecule has 0 aromatic carbocycles. The summed E-state index contributed by atoms with van der Waals surface area (Å²) in [6, 6.07) is 0. The zero-order chi connectivity index (χ0) is 12.6. The van der Waals surface area contributed by atoms with Crippen LogP contribution >= 0.6 is 12.4 Å². The third-order valence-corrected chi connectivity index (χ3v) is 3.78. The van der Waals surface area contributed by atoms with Crippen molar-refractivity contribution >= 4 is 18.3 Å². The Hall–Kier alpha value is -1.07. The number of rotatable bonds is 4. The van der Waals surface area contributed by atoms with Crippen LogP contribution in [0.15, 0.2) is 6.20 Å². The number of hydrogen-bond acceptors (Lipinski definition) is 3. The van der Waals surface area contributed by atoms with E-state index in [0.29, 0.717) is 18.0 Å². The van der Waals surface area contributed by atoms with Crippen LogP contribution in [0.3, 0.4) is 0 Å². The van der Waals surface area contributed by atoms with Gasteiger partial charge in [0, 0.05) is 19.3 Å². The van der Waals surface area contributed by atoms with E-state index in [9.17, 15) is 4.79 Å². The molecule has 1 unspecified atom stereocenters. The molecule has 5 nitrogen and oxygen atoms in total. The molecule has 3 N–H and O–H groups in total. The van der Waals surface area contributed by atoms with Crippen LogP contribution in [-0.2, 0) is 7.05 Å². The molecule has 1 atom stereocenters. The molecule has 0 bridgehead atoms. The SMILES string of the molecule is Cc1c(C(=O)NC(C)(CN)C2CC2)cnn1C.Cl. The fourth-order valence-corrected chi connectivity index (χ4v) is 2.09. The fraction of sp³-hybridized carbons (Fsp3) is 0.667. The second-order valence-corrected chi connectivity index (χ2v) is 5.12. The van der Waals surface area contributed by atoms with Gasteiger partial charge in [-0.05, 0) is 32.6 Å². The molecule has 1 fully saturated rings. The van der Waals surface area contributed by atoms with Gasteiger partial charge in [-0.3, -0.25) is 9.48 Å². The molecule has 1 saturated carbocycles. The summed E-state index contributed by atoms with van der Waals surface area (Å²) in [6.07, 6.45) is 3.91. The highest BCUT2D eigenvalue weighted by Gasteiger charge is 2.41. The summed E-state index contributed by atoms with van der Waals surface area (Å²) in [5.74, 6) is 0.448. The lowest BCUT2D eigenvalue weighted by Gasteiger charge is -2.29. The third kappa shape index (κ3) is 2.67. The number of aryl methyl sites for hydroxylation is 1. The maximum atomic E-state index is 12.2. The molecule has 0 saturated heterocycles. The van der Waals surface area contributed by atoms with E-state index in [4.69, 9.17) is 5.73 Å². The first kappa shape index (κ1) is 15.0. The normalized spacial score (nSPS) is 17.8. The molecule has 1 aromatic rings. The minimum atomic E-state index is -0.278. The number of aromatic nitrogens is 2. The Labute approximate surface area is 114 Å². The Bertz CT molecular complexity index is 441. The number of nitrogens with one attached hydrogen (secondary N) is 1. The monoisotopic (exact) mass is 272 g/mol. The summed E-state index contributed by atoms with van der Waals surface area (Å²) in [5, 5.41) is 7.14. The van der Waals surface area contributed by atoms with E-state index in [2.05, 4.69) is 10.4 Å². The van der Waals surface area contributed by atoms with Crippen LogP contribution < -0.4 is 11.1 Å². The fourth-order valence-electron chi connectivity index (χ4n) is 2.09. The van der Waals surface area contributed by atoms with Crippen molar-refractivity contribution in [2.45, 2.75) is 32.2 Å². The number of amides is 1. The van der Waals surface area contributed by atoms with Crippen LogP contribution in [-0.4, -0.2) is 27.8 Å². The third-order valence-electron chi connectivity index (χ3n) is 3.78. The predicted molar refractivity (Wildman–Crippen MR) is 72.8 cm³/mol. The maximum absolute atomic E-state index is 12.2. The van der Waals surface area contributed by atoms with Crippen molar-refractivity contribution in [2.75, 3.05) is 6.54 Å². The van der Waals surface area contributed by atoms with E-state index in [0.717, 1.165) is 18.5 Å². The molecule has 2 rings (SSSR count). The van der Waals surface area contributed by atoms with Crippen molar-refractivity contribution in [3.63, 3.8) is 0 Å². The molecule has 1 aliphatic rings. The van der Waals surface area contributed by atoms with Gasteiger partial charge >= 0.3 is 0 Å². The molecule has 1 heterocycles. The van der Waals surface area contributed by atoms with Crippen LogP contribution in [0.2, 0.25) is 0 Å². The Morgan fingerprint density at radius 1 is 1.67 bits per heavy atom. The summed E-state index contributed by atoms with van der Waals surface area (Å²) in [7, 11) is 1.83. The summed E-state index contributed by atoms with van der Waals surface area (Å²) >= 11 is 0. The minimum Gasteiger partial charge on any atom is -0.345 e. The molecule has 0 spiro atoms. The molecular weight excluding hydrogens is 252 g/mol. The Kier molecular flexibility index (Phi) is 4.40. The zero-order valence-corrected chi connectivity index (χ0v) is 11.9. The standard InChI is InChI=1S/C12H20N4O.ClH/c1-8-10(6-14-16(8)3)11(17)15-12(2,7-13)9-4-5-9;/h6,9H,4-5,7,13H2,1-3H3,(H,15,17);1H. The summed E-state index contributed by atoms with van der Waals surface area (Å²) in [4.78, 5) is 12.2. The highest BCUT2D eigenvalue weighted by atomic mass is 35.5. The molecular formula is C12H21ClN4O. The number of nitrogens with zero attached hydrogens (tertiary/aromatic N) is 2. The van der Waals surface area contributed by atoms with Gasteiger partial charge in [0.2, 0.25) is 0 Å². The minimum absolute atomic E-state index is 0. The summed E-state index contributed by atoms with van der Waals surface area (Å²) in [6.45, 7) is 4.38. The second-order valence-electron chi connectivity index (χ2n) is 5.12. The van der Waals surface area contributed by atoms with E-state index in [1.54, 1.807) is 10.9 Å². The molecule has 1 aromatic heterocycles. The van der Waals surface area contributed by atoms with Crippen molar-refractivity contribution in [3.05, 3.63) is 17.5 Å². The first-order valence-electron chi connectivity index (χ1n) is 5.99. The lowest BCUT2D eigenvalue weighted by molar-refractivity contribution is 0.0897. The number of hydrogen-bond donors (Lipinski definition) is 2. The molecule has 1 amide bonds. The van der Waals surface area contributed by atoms with E-state index >= 15 is 0 Å². The van der Waals surface area contributed by atoms with Crippen LogP contribution in [0, 0.1) is 12.8 Å². The van der Waals surface area contributed by atoms with Gasteiger partial charge in [-0.1, -0.05) is 0 Å². The number of nitrogens with two attached hydrogens (primary N) is 1. The van der Waals surface area contributed by atoms with Gasteiger partial charge in [-0.25, -0.2) is 0 Å². The van der Waals surface area contributed by atoms with E-state index in [1.165, 1.54) is 0 Å². The van der Waals surface area contributed by atoms with Gasteiger partial charge in [0.1, 0.15) is 0 Å². The molecule has 0 aliphatic heterocycles. The Morgan fingerprint density at radius 2 is 2.28 bits per heavy atom. The van der Waals surface area contributed by atoms with Crippen LogP contribution in [0.1, 0.15) is 35.8 Å². The molecule has 0 radical (unpaired) electrons. The zero-order valence-electron chi connectivity index (χ0n) is 11.1. The Morgan fingerprint density at radius 3 is 2.67 bits per heavy atom. The van der Waals surface area contributed by atoms with Gasteiger partial charge in [-0.15, -0.1) is 12.4 Å². The molecule has 6 heteroatoms. The lowest BCUT2D eigenvalue weighted by Crippen LogP contribution is -2.53. The topological polar surface area (TPSA) is 72.9 Å². The smallest absolute Gasteiger partial charge is 0.255 e. The second kappa shape index (κ2) is 5.28. The van der Waals surface area contributed by atoms with Crippen LogP contribution in [0.25, 0.3) is 0 Å². The quantitative estimate of drug-likeness (QED) is 0.859. The number of carbonyl (C=O) groups is 1. The van der Waals surface area contributed by atoms with E-state index in [-0.39, 0.29) is 23.9 Å². The number of halogens is 1. The maximum Gasteiger partial charge on any atom is 0.255 e. The highest BCUT2D eigenvalue weighted by molar-refractivity contribution is 5.95. The van der Waals surface area contributed by atoms with Gasteiger partial charge < -0.3 is 11.1 Å². The van der Waals surface area contributed by atoms with Crippen LogP contribution in [0.5, 0.6) is 0 Å². The lowest BCUT2D eigenvalue weighted by atomic mass is 9.95. The van der Waals surface area contributed by atoms with Gasteiger partial charge in [0.25, 0.3) is 5.91 Å².